The monoisotopic (exact) mass is 406 g/mol. The van der Waals surface area contributed by atoms with E-state index in [-0.39, 0.29) is 28.3 Å². The third kappa shape index (κ3) is 5.07. The van der Waals surface area contributed by atoms with E-state index in [4.69, 9.17) is 0 Å². The summed E-state index contributed by atoms with van der Waals surface area (Å²) in [6.07, 6.45) is 0. The molecule has 0 spiro atoms. The van der Waals surface area contributed by atoms with Crippen LogP contribution < -0.4 is 10.0 Å². The SMILES string of the molecule is COC(=O)CNC(=O)c1ccc(NS(=O)(=O)c2ccccc2C(=O)OC)cc1. The molecule has 0 fully saturated rings. The van der Waals surface area contributed by atoms with Crippen LogP contribution in [0.2, 0.25) is 0 Å². The van der Waals surface area contributed by atoms with E-state index in [0.717, 1.165) is 7.11 Å². The summed E-state index contributed by atoms with van der Waals surface area (Å²) in [7, 11) is -1.71. The molecule has 10 heteroatoms. The van der Waals surface area contributed by atoms with Crippen LogP contribution in [-0.4, -0.2) is 47.0 Å². The number of anilines is 1. The predicted octanol–water partition coefficient (Wildman–Crippen LogP) is 1.18. The van der Waals surface area contributed by atoms with Crippen molar-refractivity contribution in [3.8, 4) is 0 Å². The lowest BCUT2D eigenvalue weighted by Crippen LogP contribution is -2.30. The Morgan fingerprint density at radius 2 is 1.57 bits per heavy atom. The van der Waals surface area contributed by atoms with Gasteiger partial charge in [0.05, 0.1) is 19.8 Å². The van der Waals surface area contributed by atoms with Crippen LogP contribution in [0.15, 0.2) is 53.4 Å². The number of rotatable bonds is 7. The molecule has 0 saturated carbocycles. The van der Waals surface area contributed by atoms with Gasteiger partial charge in [0.2, 0.25) is 0 Å². The van der Waals surface area contributed by atoms with Gasteiger partial charge in [-0.3, -0.25) is 14.3 Å². The Morgan fingerprint density at radius 1 is 0.929 bits per heavy atom. The first-order valence-corrected chi connectivity index (χ1v) is 9.42. The zero-order valence-electron chi connectivity index (χ0n) is 15.1. The maximum Gasteiger partial charge on any atom is 0.339 e. The molecule has 0 aliphatic carbocycles. The van der Waals surface area contributed by atoms with Gasteiger partial charge >= 0.3 is 11.9 Å². The lowest BCUT2D eigenvalue weighted by atomic mass is 10.2. The smallest absolute Gasteiger partial charge is 0.339 e. The molecule has 0 atom stereocenters. The van der Waals surface area contributed by atoms with Crippen LogP contribution in [0.1, 0.15) is 20.7 Å². The molecule has 0 heterocycles. The van der Waals surface area contributed by atoms with Crippen molar-refractivity contribution in [3.63, 3.8) is 0 Å². The molecule has 9 nitrogen and oxygen atoms in total. The Kier molecular flexibility index (Phi) is 6.72. The van der Waals surface area contributed by atoms with Crippen molar-refractivity contribution >= 4 is 33.6 Å². The molecule has 2 N–H and O–H groups in total. The number of sulfonamides is 1. The number of hydrogen-bond acceptors (Lipinski definition) is 7. The van der Waals surface area contributed by atoms with Gasteiger partial charge < -0.3 is 14.8 Å². The minimum Gasteiger partial charge on any atom is -0.468 e. The number of nitrogens with one attached hydrogen (secondary N) is 2. The van der Waals surface area contributed by atoms with Crippen molar-refractivity contribution in [2.75, 3.05) is 25.5 Å². The van der Waals surface area contributed by atoms with Crippen LogP contribution in [0.25, 0.3) is 0 Å². The van der Waals surface area contributed by atoms with E-state index in [2.05, 4.69) is 19.5 Å². The van der Waals surface area contributed by atoms with Gasteiger partial charge in [-0.2, -0.15) is 0 Å². The first kappa shape index (κ1) is 20.9. The molecule has 28 heavy (non-hydrogen) atoms. The Bertz CT molecular complexity index is 985. The van der Waals surface area contributed by atoms with Gasteiger partial charge in [0, 0.05) is 11.3 Å². The molecule has 1 amide bonds. The molecule has 2 aromatic rings. The molecule has 148 valence electrons. The maximum absolute atomic E-state index is 12.6. The van der Waals surface area contributed by atoms with Crippen LogP contribution in [0.5, 0.6) is 0 Å². The van der Waals surface area contributed by atoms with Crippen LogP contribution in [0, 0.1) is 0 Å². The van der Waals surface area contributed by atoms with Crippen LogP contribution in [-0.2, 0) is 24.3 Å². The fourth-order valence-electron chi connectivity index (χ4n) is 2.21. The number of ether oxygens (including phenoxy) is 2. The molecule has 0 unspecified atom stereocenters. The summed E-state index contributed by atoms with van der Waals surface area (Å²) >= 11 is 0. The van der Waals surface area contributed by atoms with Crippen molar-refractivity contribution in [1.82, 2.24) is 5.32 Å². The Morgan fingerprint density at radius 3 is 2.18 bits per heavy atom. The summed E-state index contributed by atoms with van der Waals surface area (Å²) in [5.41, 5.74) is 0.308. The van der Waals surface area contributed by atoms with E-state index < -0.39 is 27.9 Å². The highest BCUT2D eigenvalue weighted by atomic mass is 32.2. The minimum atomic E-state index is -4.07. The largest absolute Gasteiger partial charge is 0.468 e. The van der Waals surface area contributed by atoms with E-state index in [1.54, 1.807) is 0 Å². The predicted molar refractivity (Wildman–Crippen MR) is 99.4 cm³/mol. The Hall–Kier alpha value is -3.40. The third-order valence-corrected chi connectivity index (χ3v) is 5.04. The molecule has 2 aromatic carbocycles. The van der Waals surface area contributed by atoms with Gasteiger partial charge in [-0.15, -0.1) is 0 Å². The van der Waals surface area contributed by atoms with Gasteiger partial charge in [-0.25, -0.2) is 13.2 Å². The van der Waals surface area contributed by atoms with E-state index in [1.807, 2.05) is 0 Å². The Labute approximate surface area is 161 Å². The number of methoxy groups -OCH3 is 2. The normalized spacial score (nSPS) is 10.6. The van der Waals surface area contributed by atoms with E-state index >= 15 is 0 Å². The van der Waals surface area contributed by atoms with Crippen LogP contribution >= 0.6 is 0 Å². The van der Waals surface area contributed by atoms with Crippen LogP contribution in [0.4, 0.5) is 5.69 Å². The first-order chi connectivity index (χ1) is 13.3. The minimum absolute atomic E-state index is 0.101. The number of carbonyl (C=O) groups is 3. The second-order valence-corrected chi connectivity index (χ2v) is 7.08. The summed E-state index contributed by atoms with van der Waals surface area (Å²) in [6, 6.07) is 11.2. The van der Waals surface area contributed by atoms with Crippen molar-refractivity contribution in [3.05, 3.63) is 59.7 Å². The standard InChI is InChI=1S/C18H18N2O7S/c1-26-16(21)11-19-17(22)12-7-9-13(10-8-12)20-28(24,25)15-6-4-3-5-14(15)18(23)27-2/h3-10,20H,11H2,1-2H3,(H,19,22). The second kappa shape index (κ2) is 9.00. The highest BCUT2D eigenvalue weighted by Crippen LogP contribution is 2.20. The first-order valence-electron chi connectivity index (χ1n) is 7.93. The highest BCUT2D eigenvalue weighted by Gasteiger charge is 2.22. The third-order valence-electron chi connectivity index (χ3n) is 3.60. The highest BCUT2D eigenvalue weighted by molar-refractivity contribution is 7.92. The van der Waals surface area contributed by atoms with E-state index in [9.17, 15) is 22.8 Å². The van der Waals surface area contributed by atoms with Gasteiger partial charge in [-0.1, -0.05) is 12.1 Å². The van der Waals surface area contributed by atoms with Crippen LogP contribution in [0.3, 0.4) is 0 Å². The quantitative estimate of drug-likeness (QED) is 0.661. The van der Waals surface area contributed by atoms with Crippen molar-refractivity contribution in [2.24, 2.45) is 0 Å². The van der Waals surface area contributed by atoms with Gasteiger partial charge in [-0.05, 0) is 36.4 Å². The molecule has 0 aliphatic heterocycles. The number of carbonyl (C=O) groups excluding carboxylic acids is 3. The number of hydrogen-bond donors (Lipinski definition) is 2. The summed E-state index contributed by atoms with van der Waals surface area (Å²) in [4.78, 5) is 34.5. The number of benzene rings is 2. The molecule has 0 aromatic heterocycles. The molecular formula is C18H18N2O7S. The second-order valence-electron chi connectivity index (χ2n) is 5.43. The lowest BCUT2D eigenvalue weighted by molar-refractivity contribution is -0.139. The number of amides is 1. The van der Waals surface area contributed by atoms with E-state index in [0.29, 0.717) is 0 Å². The topological polar surface area (TPSA) is 128 Å². The zero-order chi connectivity index (χ0) is 20.7. The molecule has 2 rings (SSSR count). The lowest BCUT2D eigenvalue weighted by Gasteiger charge is -2.11. The summed E-state index contributed by atoms with van der Waals surface area (Å²) < 4.78 is 36.6. The molecule has 0 saturated heterocycles. The summed E-state index contributed by atoms with van der Waals surface area (Å²) in [5, 5.41) is 2.37. The molecule has 0 aliphatic rings. The average molecular weight is 406 g/mol. The van der Waals surface area contributed by atoms with Crippen molar-refractivity contribution in [1.29, 1.82) is 0 Å². The fraction of sp³-hybridized carbons (Fsp3) is 0.167. The van der Waals surface area contributed by atoms with E-state index in [1.165, 1.54) is 55.6 Å². The van der Waals surface area contributed by atoms with Crippen molar-refractivity contribution < 1.29 is 32.3 Å². The number of esters is 2. The fourth-order valence-corrected chi connectivity index (χ4v) is 3.46. The zero-order valence-corrected chi connectivity index (χ0v) is 15.9. The summed E-state index contributed by atoms with van der Waals surface area (Å²) in [6.45, 7) is -0.284. The van der Waals surface area contributed by atoms with Crippen molar-refractivity contribution in [2.45, 2.75) is 4.90 Å². The molecule has 0 bridgehead atoms. The van der Waals surface area contributed by atoms with Gasteiger partial charge in [0.25, 0.3) is 15.9 Å². The average Bonchev–Trinajstić information content (AvgIpc) is 2.71. The molecular weight excluding hydrogens is 388 g/mol. The molecule has 0 radical (unpaired) electrons. The maximum atomic E-state index is 12.6. The van der Waals surface area contributed by atoms with Gasteiger partial charge in [0.15, 0.2) is 0 Å². The van der Waals surface area contributed by atoms with Gasteiger partial charge in [0.1, 0.15) is 11.4 Å². The Balaban J connectivity index is 2.17. The summed E-state index contributed by atoms with van der Waals surface area (Å²) in [5.74, 6) is -1.89.